The molecule has 0 aliphatic carbocycles. The van der Waals surface area contributed by atoms with Gasteiger partial charge in [-0.05, 0) is 0 Å². The highest BCUT2D eigenvalue weighted by Gasteiger charge is 2.25. The Hall–Kier alpha value is -2.08. The van der Waals surface area contributed by atoms with Crippen LogP contribution in [-0.2, 0) is 17.8 Å². The van der Waals surface area contributed by atoms with Gasteiger partial charge in [0.15, 0.2) is 5.56 Å². The summed E-state index contributed by atoms with van der Waals surface area (Å²) in [7, 11) is 0. The second-order valence-electron chi connectivity index (χ2n) is 3.63. The molecule has 0 saturated heterocycles. The van der Waals surface area contributed by atoms with Crippen molar-refractivity contribution >= 4 is 5.97 Å². The molecule has 0 fully saturated rings. The van der Waals surface area contributed by atoms with E-state index >= 15 is 0 Å². The van der Waals surface area contributed by atoms with Crippen molar-refractivity contribution in [3.63, 3.8) is 0 Å². The molecule has 17 heavy (non-hydrogen) atoms. The predicted octanol–water partition coefficient (Wildman–Crippen LogP) is 0.0265. The predicted molar refractivity (Wildman–Crippen MR) is 59.8 cm³/mol. The first-order chi connectivity index (χ1) is 8.15. The monoisotopic (exact) mass is 236 g/mol. The average molecular weight is 236 g/mol. The number of H-pyrrole nitrogens is 1. The minimum Gasteiger partial charge on any atom is -0.506 e. The van der Waals surface area contributed by atoms with E-state index in [1.54, 1.807) is 0 Å². The van der Waals surface area contributed by atoms with Crippen molar-refractivity contribution < 1.29 is 14.6 Å². The second-order valence-corrected chi connectivity index (χ2v) is 3.63. The number of hydrogen-bond donors (Lipinski definition) is 3. The Morgan fingerprint density at radius 2 is 2.29 bits per heavy atom. The standard InChI is InChI=1S/C11H12N2O4/c1-2-3-17-11(16)8-9(14)6-4-12-5-7(6)13-10(8)15/h2,12H,1,3-5H2,(H2,13,14,15). The number of aromatic amines is 1. The summed E-state index contributed by atoms with van der Waals surface area (Å²) < 4.78 is 4.74. The van der Waals surface area contributed by atoms with Crippen molar-refractivity contribution in [2.24, 2.45) is 0 Å². The van der Waals surface area contributed by atoms with Crippen LogP contribution in [0, 0.1) is 0 Å². The molecule has 0 spiro atoms. The van der Waals surface area contributed by atoms with Crippen LogP contribution < -0.4 is 10.9 Å². The van der Waals surface area contributed by atoms with E-state index < -0.39 is 11.5 Å². The van der Waals surface area contributed by atoms with E-state index in [0.717, 1.165) is 0 Å². The summed E-state index contributed by atoms with van der Waals surface area (Å²) in [4.78, 5) is 25.8. The maximum atomic E-state index is 11.6. The Labute approximate surface area is 96.9 Å². The number of carbonyl (C=O) groups excluding carboxylic acids is 1. The van der Waals surface area contributed by atoms with Crippen LogP contribution in [0.25, 0.3) is 0 Å². The fourth-order valence-corrected chi connectivity index (χ4v) is 1.73. The van der Waals surface area contributed by atoms with E-state index in [1.807, 2.05) is 0 Å². The van der Waals surface area contributed by atoms with Gasteiger partial charge in [0.1, 0.15) is 12.4 Å². The van der Waals surface area contributed by atoms with Gasteiger partial charge >= 0.3 is 5.97 Å². The van der Waals surface area contributed by atoms with Crippen molar-refractivity contribution in [1.29, 1.82) is 0 Å². The summed E-state index contributed by atoms with van der Waals surface area (Å²) in [5, 5.41) is 12.8. The number of hydrogen-bond acceptors (Lipinski definition) is 5. The fourth-order valence-electron chi connectivity index (χ4n) is 1.73. The van der Waals surface area contributed by atoms with Crippen LogP contribution in [0.15, 0.2) is 17.4 Å². The lowest BCUT2D eigenvalue weighted by Crippen LogP contribution is -2.21. The lowest BCUT2D eigenvalue weighted by Gasteiger charge is -2.07. The minimum absolute atomic E-state index is 0.00690. The number of aromatic nitrogens is 1. The summed E-state index contributed by atoms with van der Waals surface area (Å²) in [6, 6.07) is 0. The van der Waals surface area contributed by atoms with Gasteiger partial charge in [-0.25, -0.2) is 4.79 Å². The van der Waals surface area contributed by atoms with Crippen LogP contribution in [0.2, 0.25) is 0 Å². The van der Waals surface area contributed by atoms with Gasteiger partial charge in [-0.3, -0.25) is 4.79 Å². The third-order valence-electron chi connectivity index (χ3n) is 2.52. The molecule has 0 radical (unpaired) electrons. The molecular formula is C11H12N2O4. The first-order valence-electron chi connectivity index (χ1n) is 5.11. The smallest absolute Gasteiger partial charge is 0.347 e. The summed E-state index contributed by atoms with van der Waals surface area (Å²) in [6.45, 7) is 4.28. The third kappa shape index (κ3) is 1.94. The van der Waals surface area contributed by atoms with Gasteiger partial charge < -0.3 is 20.1 Å². The van der Waals surface area contributed by atoms with Crippen LogP contribution >= 0.6 is 0 Å². The molecule has 3 N–H and O–H groups in total. The zero-order chi connectivity index (χ0) is 12.4. The molecule has 1 aliphatic heterocycles. The second kappa shape index (κ2) is 4.42. The number of esters is 1. The van der Waals surface area contributed by atoms with Crippen LogP contribution in [0.5, 0.6) is 5.75 Å². The first kappa shape index (κ1) is 11.4. The quantitative estimate of drug-likeness (QED) is 0.508. The van der Waals surface area contributed by atoms with E-state index in [-0.39, 0.29) is 17.9 Å². The Morgan fingerprint density at radius 1 is 1.53 bits per heavy atom. The summed E-state index contributed by atoms with van der Waals surface area (Å²) >= 11 is 0. The van der Waals surface area contributed by atoms with E-state index in [1.165, 1.54) is 6.08 Å². The maximum absolute atomic E-state index is 11.6. The Balaban J connectivity index is 2.44. The summed E-state index contributed by atoms with van der Waals surface area (Å²) in [5.74, 6) is -1.15. The molecule has 0 amide bonds. The molecule has 0 atom stereocenters. The van der Waals surface area contributed by atoms with Crippen LogP contribution in [0.4, 0.5) is 0 Å². The number of ether oxygens (including phenoxy) is 1. The fraction of sp³-hybridized carbons (Fsp3) is 0.273. The highest BCUT2D eigenvalue weighted by atomic mass is 16.5. The summed E-state index contributed by atoms with van der Waals surface area (Å²) in [5.41, 5.74) is 0.149. The molecule has 1 aliphatic rings. The lowest BCUT2D eigenvalue weighted by molar-refractivity contribution is 0.0544. The Bertz CT molecular complexity index is 533. The van der Waals surface area contributed by atoms with Crippen LogP contribution in [0.1, 0.15) is 21.6 Å². The van der Waals surface area contributed by atoms with Gasteiger partial charge in [-0.15, -0.1) is 0 Å². The lowest BCUT2D eigenvalue weighted by atomic mass is 10.1. The van der Waals surface area contributed by atoms with Crippen molar-refractivity contribution in [2.75, 3.05) is 6.61 Å². The Kier molecular flexibility index (Phi) is 2.97. The number of carbonyl (C=O) groups is 1. The van der Waals surface area contributed by atoms with Gasteiger partial charge in [0, 0.05) is 24.3 Å². The van der Waals surface area contributed by atoms with Gasteiger partial charge in [-0.2, -0.15) is 0 Å². The van der Waals surface area contributed by atoms with Gasteiger partial charge in [0.25, 0.3) is 5.56 Å². The molecule has 0 unspecified atom stereocenters. The van der Waals surface area contributed by atoms with Crippen LogP contribution in [0.3, 0.4) is 0 Å². The minimum atomic E-state index is -0.849. The van der Waals surface area contributed by atoms with E-state index in [4.69, 9.17) is 4.74 Å². The molecule has 1 aromatic heterocycles. The zero-order valence-corrected chi connectivity index (χ0v) is 9.08. The maximum Gasteiger partial charge on any atom is 0.347 e. The van der Waals surface area contributed by atoms with E-state index in [9.17, 15) is 14.7 Å². The number of rotatable bonds is 3. The van der Waals surface area contributed by atoms with Gasteiger partial charge in [0.05, 0.1) is 0 Å². The molecule has 1 aromatic rings. The number of aromatic hydroxyl groups is 1. The SMILES string of the molecule is C=CCOC(=O)c1c(O)c2c([nH]c1=O)CNC2. The topological polar surface area (TPSA) is 91.4 Å². The summed E-state index contributed by atoms with van der Waals surface area (Å²) in [6.07, 6.45) is 1.39. The molecular weight excluding hydrogens is 224 g/mol. The van der Waals surface area contributed by atoms with E-state index in [2.05, 4.69) is 16.9 Å². The van der Waals surface area contributed by atoms with Crippen molar-refractivity contribution in [3.05, 3.63) is 39.8 Å². The van der Waals surface area contributed by atoms with Crippen LogP contribution in [-0.4, -0.2) is 22.7 Å². The molecule has 2 rings (SSSR count). The molecule has 2 heterocycles. The molecule has 6 heteroatoms. The average Bonchev–Trinajstić information content (AvgIpc) is 2.74. The highest BCUT2D eigenvalue weighted by molar-refractivity contribution is 5.92. The van der Waals surface area contributed by atoms with Gasteiger partial charge in [-0.1, -0.05) is 12.7 Å². The third-order valence-corrected chi connectivity index (χ3v) is 2.52. The first-order valence-corrected chi connectivity index (χ1v) is 5.11. The normalized spacial score (nSPS) is 13.2. The van der Waals surface area contributed by atoms with E-state index in [0.29, 0.717) is 24.3 Å². The van der Waals surface area contributed by atoms with Gasteiger partial charge in [0.2, 0.25) is 0 Å². The van der Waals surface area contributed by atoms with Crippen molar-refractivity contribution in [2.45, 2.75) is 13.1 Å². The number of nitrogens with one attached hydrogen (secondary N) is 2. The Morgan fingerprint density at radius 3 is 3.00 bits per heavy atom. The largest absolute Gasteiger partial charge is 0.506 e. The zero-order valence-electron chi connectivity index (χ0n) is 9.08. The molecule has 0 saturated carbocycles. The molecule has 90 valence electrons. The number of fused-ring (bicyclic) bond motifs is 1. The number of pyridine rings is 1. The molecule has 0 aromatic carbocycles. The van der Waals surface area contributed by atoms with Crippen molar-refractivity contribution in [3.8, 4) is 5.75 Å². The molecule has 0 bridgehead atoms. The highest BCUT2D eigenvalue weighted by Crippen LogP contribution is 2.25. The van der Waals surface area contributed by atoms with Crippen molar-refractivity contribution in [1.82, 2.24) is 10.3 Å². The molecule has 6 nitrogen and oxygen atoms in total.